The number of hydrogen-bond acceptors (Lipinski definition) is 4. The SMILES string of the molecule is CC(C)(C)OC(=O)NCCOC(=O)NC1(c2ccc(F)c(C(F)(F)F)c2)CC1. The number of ether oxygens (including phenoxy) is 2. The quantitative estimate of drug-likeness (QED) is 0.571. The molecule has 156 valence electrons. The van der Waals surface area contributed by atoms with Crippen molar-refractivity contribution in [2.24, 2.45) is 0 Å². The third-order valence-electron chi connectivity index (χ3n) is 3.92. The molecule has 0 radical (unpaired) electrons. The summed E-state index contributed by atoms with van der Waals surface area (Å²) in [5.74, 6) is -1.37. The second-order valence-corrected chi connectivity index (χ2v) is 7.46. The van der Waals surface area contributed by atoms with Crippen LogP contribution >= 0.6 is 0 Å². The highest BCUT2D eigenvalue weighted by molar-refractivity contribution is 5.70. The number of alkyl carbamates (subject to hydrolysis) is 2. The van der Waals surface area contributed by atoms with Gasteiger partial charge in [-0.3, -0.25) is 0 Å². The first-order valence-corrected chi connectivity index (χ1v) is 8.61. The van der Waals surface area contributed by atoms with E-state index in [-0.39, 0.29) is 18.7 Å². The second kappa shape index (κ2) is 7.84. The van der Waals surface area contributed by atoms with Crippen LogP contribution < -0.4 is 10.6 Å². The Hall–Kier alpha value is -2.52. The third-order valence-corrected chi connectivity index (χ3v) is 3.92. The Morgan fingerprint density at radius 2 is 1.79 bits per heavy atom. The van der Waals surface area contributed by atoms with Crippen LogP contribution in [0.2, 0.25) is 0 Å². The number of carbonyl (C=O) groups is 2. The van der Waals surface area contributed by atoms with Crippen molar-refractivity contribution in [1.29, 1.82) is 0 Å². The fourth-order valence-electron chi connectivity index (χ4n) is 2.49. The molecule has 1 aliphatic carbocycles. The zero-order valence-electron chi connectivity index (χ0n) is 15.7. The van der Waals surface area contributed by atoms with Crippen molar-refractivity contribution >= 4 is 12.2 Å². The number of amides is 2. The zero-order valence-corrected chi connectivity index (χ0v) is 15.7. The van der Waals surface area contributed by atoms with Crippen molar-refractivity contribution in [3.8, 4) is 0 Å². The minimum absolute atomic E-state index is 0.00407. The van der Waals surface area contributed by atoms with Gasteiger partial charge in [0, 0.05) is 0 Å². The van der Waals surface area contributed by atoms with Gasteiger partial charge in [0.05, 0.1) is 17.6 Å². The summed E-state index contributed by atoms with van der Waals surface area (Å²) in [6, 6.07) is 2.64. The Morgan fingerprint density at radius 1 is 1.14 bits per heavy atom. The molecule has 0 atom stereocenters. The molecule has 2 N–H and O–H groups in total. The topological polar surface area (TPSA) is 76.7 Å². The van der Waals surface area contributed by atoms with Crippen LogP contribution in [0.15, 0.2) is 18.2 Å². The molecule has 1 aromatic carbocycles. The van der Waals surface area contributed by atoms with Crippen LogP contribution in [0, 0.1) is 5.82 Å². The van der Waals surface area contributed by atoms with Crippen molar-refractivity contribution in [3.05, 3.63) is 35.1 Å². The Morgan fingerprint density at radius 3 is 2.32 bits per heavy atom. The molecule has 10 heteroatoms. The van der Waals surface area contributed by atoms with Gasteiger partial charge >= 0.3 is 18.4 Å². The first-order chi connectivity index (χ1) is 12.8. The van der Waals surface area contributed by atoms with Gasteiger partial charge in [0.15, 0.2) is 0 Å². The van der Waals surface area contributed by atoms with E-state index in [2.05, 4.69) is 10.6 Å². The molecule has 0 heterocycles. The molecular weight excluding hydrogens is 384 g/mol. The number of benzene rings is 1. The van der Waals surface area contributed by atoms with E-state index in [9.17, 15) is 27.2 Å². The standard InChI is InChI=1S/C18H22F4N2O4/c1-16(2,3)28-14(25)23-8-9-27-15(26)24-17(6-7-17)11-4-5-13(19)12(10-11)18(20,21)22/h4-5,10H,6-9H2,1-3H3,(H,23,25)(H,24,26). The molecule has 1 aromatic rings. The maximum Gasteiger partial charge on any atom is 0.419 e. The Bertz CT molecular complexity index is 740. The molecular formula is C18H22F4N2O4. The zero-order chi connectivity index (χ0) is 21.2. The second-order valence-electron chi connectivity index (χ2n) is 7.46. The van der Waals surface area contributed by atoms with E-state index < -0.39 is 40.9 Å². The van der Waals surface area contributed by atoms with Gasteiger partial charge in [-0.05, 0) is 51.3 Å². The number of hydrogen-bond donors (Lipinski definition) is 2. The third kappa shape index (κ3) is 6.00. The summed E-state index contributed by atoms with van der Waals surface area (Å²) >= 11 is 0. The summed E-state index contributed by atoms with van der Waals surface area (Å²) in [7, 11) is 0. The molecule has 28 heavy (non-hydrogen) atoms. The molecule has 0 spiro atoms. The molecule has 1 fully saturated rings. The van der Waals surface area contributed by atoms with E-state index in [1.165, 1.54) is 6.07 Å². The summed E-state index contributed by atoms with van der Waals surface area (Å²) in [5, 5.41) is 4.92. The number of halogens is 4. The fourth-order valence-corrected chi connectivity index (χ4v) is 2.49. The Labute approximate surface area is 159 Å². The molecule has 1 saturated carbocycles. The van der Waals surface area contributed by atoms with Crippen LogP contribution in [0.25, 0.3) is 0 Å². The van der Waals surface area contributed by atoms with Crippen LogP contribution in [0.1, 0.15) is 44.7 Å². The predicted octanol–water partition coefficient (Wildman–Crippen LogP) is 4.08. The van der Waals surface area contributed by atoms with Gasteiger partial charge in [-0.15, -0.1) is 0 Å². The molecule has 2 amide bonds. The maximum absolute atomic E-state index is 13.4. The Kier molecular flexibility index (Phi) is 6.10. The van der Waals surface area contributed by atoms with Gasteiger partial charge in [-0.2, -0.15) is 13.2 Å². The number of alkyl halides is 3. The number of rotatable bonds is 5. The van der Waals surface area contributed by atoms with Gasteiger partial charge in [-0.1, -0.05) is 6.07 Å². The van der Waals surface area contributed by atoms with E-state index in [0.717, 1.165) is 6.07 Å². The predicted molar refractivity (Wildman–Crippen MR) is 91.0 cm³/mol. The molecule has 0 aromatic heterocycles. The van der Waals surface area contributed by atoms with Crippen LogP contribution in [0.4, 0.5) is 27.2 Å². The average Bonchev–Trinajstić information content (AvgIpc) is 3.29. The summed E-state index contributed by atoms with van der Waals surface area (Å²) in [6.07, 6.45) is -5.53. The first-order valence-electron chi connectivity index (χ1n) is 8.61. The van der Waals surface area contributed by atoms with Crippen LogP contribution in [0.5, 0.6) is 0 Å². The highest BCUT2D eigenvalue weighted by Gasteiger charge is 2.47. The highest BCUT2D eigenvalue weighted by atomic mass is 19.4. The summed E-state index contributed by atoms with van der Waals surface area (Å²) in [6.45, 7) is 4.95. The molecule has 0 aliphatic heterocycles. The van der Waals surface area contributed by atoms with Gasteiger partial charge in [0.2, 0.25) is 0 Å². The fraction of sp³-hybridized carbons (Fsp3) is 0.556. The summed E-state index contributed by atoms with van der Waals surface area (Å²) in [5.41, 5.74) is -2.90. The lowest BCUT2D eigenvalue weighted by atomic mass is 10.0. The Balaban J connectivity index is 1.87. The van der Waals surface area contributed by atoms with Gasteiger partial charge in [0.1, 0.15) is 18.0 Å². The van der Waals surface area contributed by atoms with E-state index >= 15 is 0 Å². The van der Waals surface area contributed by atoms with Crippen molar-refractivity contribution in [3.63, 3.8) is 0 Å². The van der Waals surface area contributed by atoms with Gasteiger partial charge < -0.3 is 20.1 Å². The normalized spacial score (nSPS) is 15.5. The minimum Gasteiger partial charge on any atom is -0.448 e. The van der Waals surface area contributed by atoms with E-state index in [0.29, 0.717) is 18.9 Å². The summed E-state index contributed by atoms with van der Waals surface area (Å²) < 4.78 is 62.0. The van der Waals surface area contributed by atoms with Gasteiger partial charge in [-0.25, -0.2) is 14.0 Å². The van der Waals surface area contributed by atoms with Gasteiger partial charge in [0.25, 0.3) is 0 Å². The lowest BCUT2D eigenvalue weighted by molar-refractivity contribution is -0.140. The average molecular weight is 406 g/mol. The molecule has 0 saturated heterocycles. The van der Waals surface area contributed by atoms with Crippen LogP contribution in [-0.4, -0.2) is 30.9 Å². The van der Waals surface area contributed by atoms with Crippen molar-refractivity contribution in [2.75, 3.05) is 13.2 Å². The number of carbonyl (C=O) groups excluding carboxylic acids is 2. The largest absolute Gasteiger partial charge is 0.448 e. The number of nitrogens with one attached hydrogen (secondary N) is 2. The van der Waals surface area contributed by atoms with Crippen molar-refractivity contribution in [2.45, 2.75) is 50.9 Å². The van der Waals surface area contributed by atoms with Crippen molar-refractivity contribution < 1.29 is 36.6 Å². The first kappa shape index (κ1) is 21.8. The van der Waals surface area contributed by atoms with Crippen LogP contribution in [-0.2, 0) is 21.2 Å². The lowest BCUT2D eigenvalue weighted by Crippen LogP contribution is -2.38. The smallest absolute Gasteiger partial charge is 0.419 e. The molecule has 0 unspecified atom stereocenters. The maximum atomic E-state index is 13.4. The monoisotopic (exact) mass is 406 g/mol. The van der Waals surface area contributed by atoms with E-state index in [1.807, 2.05) is 0 Å². The minimum atomic E-state index is -4.83. The van der Waals surface area contributed by atoms with E-state index in [4.69, 9.17) is 9.47 Å². The summed E-state index contributed by atoms with van der Waals surface area (Å²) in [4.78, 5) is 23.4. The van der Waals surface area contributed by atoms with Crippen LogP contribution in [0.3, 0.4) is 0 Å². The van der Waals surface area contributed by atoms with E-state index in [1.54, 1.807) is 20.8 Å². The molecule has 0 bridgehead atoms. The molecule has 1 aliphatic rings. The van der Waals surface area contributed by atoms with Crippen molar-refractivity contribution in [1.82, 2.24) is 10.6 Å². The highest BCUT2D eigenvalue weighted by Crippen LogP contribution is 2.47. The molecule has 2 rings (SSSR count). The lowest BCUT2D eigenvalue weighted by Gasteiger charge is -2.20. The molecule has 6 nitrogen and oxygen atoms in total.